The molecule has 234 valence electrons. The first kappa shape index (κ1) is 30.2. The molecule has 6 heteroatoms. The molecule has 5 aliphatic rings. The number of piperazine rings is 1. The molecule has 2 aromatic carbocycles. The number of nitrogens with zero attached hydrogens (tertiary/aromatic N) is 3. The van der Waals surface area contributed by atoms with E-state index in [2.05, 4.69) is 63.1 Å². The van der Waals surface area contributed by atoms with Crippen molar-refractivity contribution in [1.29, 1.82) is 0 Å². The minimum atomic E-state index is -0.0827. The van der Waals surface area contributed by atoms with Crippen LogP contribution in [0, 0.1) is 35.0 Å². The van der Waals surface area contributed by atoms with Gasteiger partial charge in [-0.25, -0.2) is 0 Å². The van der Waals surface area contributed by atoms with E-state index in [-0.39, 0.29) is 11.3 Å². The van der Waals surface area contributed by atoms with E-state index in [1.54, 1.807) is 7.11 Å². The Bertz CT molecular complexity index is 1500. The summed E-state index contributed by atoms with van der Waals surface area (Å²) in [5.74, 6) is 9.89. The quantitative estimate of drug-likeness (QED) is 0.289. The number of nitrogens with one attached hydrogen (secondary N) is 1. The maximum atomic E-state index is 13.0. The fourth-order valence-corrected chi connectivity index (χ4v) is 8.79. The zero-order chi connectivity index (χ0) is 30.8. The van der Waals surface area contributed by atoms with Crippen molar-refractivity contribution in [3.05, 3.63) is 94.8 Å². The molecule has 0 radical (unpaired) electrons. The first-order chi connectivity index (χ1) is 21.9. The number of aromatic nitrogens is 1. The van der Waals surface area contributed by atoms with E-state index in [9.17, 15) is 4.79 Å². The topological polar surface area (TPSA) is 57.7 Å². The lowest BCUT2D eigenvalue weighted by molar-refractivity contribution is -0.0181. The number of ether oxygens (including phenoxy) is 1. The van der Waals surface area contributed by atoms with E-state index in [1.165, 1.54) is 49.7 Å². The molecule has 1 amide bonds. The van der Waals surface area contributed by atoms with Gasteiger partial charge >= 0.3 is 0 Å². The number of amides is 1. The van der Waals surface area contributed by atoms with Crippen molar-refractivity contribution < 1.29 is 9.53 Å². The van der Waals surface area contributed by atoms with Crippen molar-refractivity contribution in [2.45, 2.75) is 71.2 Å². The van der Waals surface area contributed by atoms with E-state index >= 15 is 0 Å². The molecule has 1 N–H and O–H groups in total. The summed E-state index contributed by atoms with van der Waals surface area (Å²) < 4.78 is 5.17. The van der Waals surface area contributed by atoms with Crippen molar-refractivity contribution in [2.24, 2.45) is 23.2 Å². The minimum absolute atomic E-state index is 0.0827. The average Bonchev–Trinajstić information content (AvgIpc) is 3.03. The van der Waals surface area contributed by atoms with Gasteiger partial charge in [-0.1, -0.05) is 30.0 Å². The van der Waals surface area contributed by atoms with E-state index in [1.807, 2.05) is 42.6 Å². The third-order valence-corrected chi connectivity index (χ3v) is 10.7. The molecule has 4 aliphatic carbocycles. The van der Waals surface area contributed by atoms with Gasteiger partial charge in [0.15, 0.2) is 0 Å². The summed E-state index contributed by atoms with van der Waals surface area (Å²) in [5, 5.41) is 3.06. The largest absolute Gasteiger partial charge is 0.378 e. The zero-order valence-electron chi connectivity index (χ0n) is 26.8. The van der Waals surface area contributed by atoms with Crippen molar-refractivity contribution in [1.82, 2.24) is 14.8 Å². The molecule has 4 bridgehead atoms. The predicted octanol–water partition coefficient (Wildman–Crippen LogP) is 6.75. The van der Waals surface area contributed by atoms with Crippen LogP contribution in [0.15, 0.2) is 66.9 Å². The Morgan fingerprint density at radius 1 is 0.911 bits per heavy atom. The summed E-state index contributed by atoms with van der Waals surface area (Å²) in [5.41, 5.74) is 6.20. The summed E-state index contributed by atoms with van der Waals surface area (Å²) in [6.45, 7) is 7.71. The molecule has 0 unspecified atom stereocenters. The number of methoxy groups -OCH3 is 1. The van der Waals surface area contributed by atoms with Crippen LogP contribution in [0.25, 0.3) is 0 Å². The molecule has 0 spiro atoms. The van der Waals surface area contributed by atoms with Crippen LogP contribution in [0.2, 0.25) is 0 Å². The van der Waals surface area contributed by atoms with Crippen LogP contribution in [-0.4, -0.2) is 53.5 Å². The van der Waals surface area contributed by atoms with Gasteiger partial charge in [0.2, 0.25) is 0 Å². The average molecular weight is 603 g/mol. The highest BCUT2D eigenvalue weighted by molar-refractivity contribution is 6.04. The Morgan fingerprint density at radius 3 is 2.22 bits per heavy atom. The van der Waals surface area contributed by atoms with Gasteiger partial charge in [0, 0.05) is 74.3 Å². The SMILES string of the molecule is COCc1ccc(CN2CCN(Cc3ccc(C(=O)Nc4ccc(C#CC56CC7CC(CC(C7)C5)C6)cc4)cc3)[C@@H](C)C2)cn1. The Hall–Kier alpha value is -3.50. The van der Waals surface area contributed by atoms with Crippen LogP contribution in [0.5, 0.6) is 0 Å². The fraction of sp³-hybridized carbons (Fsp3) is 0.487. The van der Waals surface area contributed by atoms with Crippen molar-refractivity contribution in [3.63, 3.8) is 0 Å². The fourth-order valence-electron chi connectivity index (χ4n) is 8.79. The molecular weight excluding hydrogens is 556 g/mol. The van der Waals surface area contributed by atoms with Crippen LogP contribution in [0.4, 0.5) is 5.69 Å². The van der Waals surface area contributed by atoms with Crippen molar-refractivity contribution in [2.75, 3.05) is 32.1 Å². The Labute approximate surface area is 268 Å². The lowest BCUT2D eigenvalue weighted by atomic mass is 9.50. The molecule has 8 rings (SSSR count). The number of pyridine rings is 1. The molecule has 2 heterocycles. The monoisotopic (exact) mass is 602 g/mol. The summed E-state index contributed by atoms with van der Waals surface area (Å²) in [6, 6.07) is 20.8. The van der Waals surface area contributed by atoms with E-state index in [4.69, 9.17) is 4.74 Å². The van der Waals surface area contributed by atoms with E-state index < -0.39 is 0 Å². The molecule has 1 aliphatic heterocycles. The van der Waals surface area contributed by atoms with Gasteiger partial charge in [-0.05, 0) is 117 Å². The van der Waals surface area contributed by atoms with Crippen LogP contribution in [0.1, 0.15) is 78.2 Å². The smallest absolute Gasteiger partial charge is 0.255 e. The maximum Gasteiger partial charge on any atom is 0.255 e. The molecule has 6 nitrogen and oxygen atoms in total. The molecule has 4 saturated carbocycles. The highest BCUT2D eigenvalue weighted by Crippen LogP contribution is 2.59. The van der Waals surface area contributed by atoms with Gasteiger partial charge in [-0.15, -0.1) is 0 Å². The van der Waals surface area contributed by atoms with E-state index in [0.717, 1.165) is 67.4 Å². The van der Waals surface area contributed by atoms with Crippen LogP contribution in [-0.2, 0) is 24.4 Å². The number of benzene rings is 2. The third kappa shape index (κ3) is 7.17. The van der Waals surface area contributed by atoms with Crippen LogP contribution in [0.3, 0.4) is 0 Å². The first-order valence-corrected chi connectivity index (χ1v) is 16.8. The second-order valence-corrected chi connectivity index (χ2v) is 14.3. The van der Waals surface area contributed by atoms with Crippen molar-refractivity contribution in [3.8, 4) is 11.8 Å². The maximum absolute atomic E-state index is 13.0. The Balaban J connectivity index is 0.885. The third-order valence-electron chi connectivity index (χ3n) is 10.7. The molecule has 45 heavy (non-hydrogen) atoms. The molecule has 5 fully saturated rings. The lowest BCUT2D eigenvalue weighted by Gasteiger charge is -2.54. The summed E-state index contributed by atoms with van der Waals surface area (Å²) >= 11 is 0. The van der Waals surface area contributed by atoms with Gasteiger partial charge in [-0.2, -0.15) is 0 Å². The number of carbonyl (C=O) groups is 1. The summed E-state index contributed by atoms with van der Waals surface area (Å²) in [4.78, 5) is 22.5. The Morgan fingerprint density at radius 2 is 1.60 bits per heavy atom. The standard InChI is InChI=1S/C39H46N4O2/c1-28-24-42(25-31-7-12-37(27-45-2)40-23-31)15-16-43(28)26-30-3-8-35(9-4-30)38(44)41-36-10-5-29(6-11-36)13-14-39-20-32-17-33(21-39)19-34(18-32)22-39/h3-12,23,28,32-34H,15-22,24-27H2,1-2H3,(H,41,44)/t28-,32?,33?,34?,39?/m0/s1. The molecule has 1 aromatic heterocycles. The minimum Gasteiger partial charge on any atom is -0.378 e. The Kier molecular flexibility index (Phi) is 8.77. The highest BCUT2D eigenvalue weighted by Gasteiger charge is 2.50. The summed E-state index contributed by atoms with van der Waals surface area (Å²) in [7, 11) is 1.69. The number of anilines is 1. The van der Waals surface area contributed by atoms with Gasteiger partial charge in [0.1, 0.15) is 0 Å². The zero-order valence-corrected chi connectivity index (χ0v) is 26.8. The normalized spacial score (nSPS) is 27.6. The summed E-state index contributed by atoms with van der Waals surface area (Å²) in [6.07, 6.45) is 10.2. The molecular formula is C39H46N4O2. The van der Waals surface area contributed by atoms with Crippen LogP contribution >= 0.6 is 0 Å². The van der Waals surface area contributed by atoms with Gasteiger partial charge in [0.05, 0.1) is 12.3 Å². The number of hydrogen-bond acceptors (Lipinski definition) is 5. The number of hydrogen-bond donors (Lipinski definition) is 1. The second-order valence-electron chi connectivity index (χ2n) is 14.3. The predicted molar refractivity (Wildman–Crippen MR) is 178 cm³/mol. The number of rotatable bonds is 8. The van der Waals surface area contributed by atoms with Crippen molar-refractivity contribution >= 4 is 11.6 Å². The highest BCUT2D eigenvalue weighted by atomic mass is 16.5. The number of carbonyl (C=O) groups excluding carboxylic acids is 1. The van der Waals surface area contributed by atoms with E-state index in [0.29, 0.717) is 18.2 Å². The van der Waals surface area contributed by atoms with Crippen LogP contribution < -0.4 is 5.32 Å². The van der Waals surface area contributed by atoms with Gasteiger partial charge in [-0.3, -0.25) is 19.6 Å². The van der Waals surface area contributed by atoms with Gasteiger partial charge in [0.25, 0.3) is 5.91 Å². The first-order valence-electron chi connectivity index (χ1n) is 16.8. The second kappa shape index (κ2) is 13.1. The lowest BCUT2D eigenvalue weighted by Crippen LogP contribution is -2.50. The molecule has 1 saturated heterocycles. The molecule has 3 aromatic rings. The van der Waals surface area contributed by atoms with Gasteiger partial charge < -0.3 is 10.1 Å². The molecule has 1 atom stereocenters.